The molecule has 0 bridgehead atoms. The maximum absolute atomic E-state index is 12.9. The van der Waals surface area contributed by atoms with Crippen LogP contribution < -0.4 is 10.1 Å². The molecule has 13 heteroatoms. The van der Waals surface area contributed by atoms with Crippen molar-refractivity contribution in [1.82, 2.24) is 9.78 Å². The van der Waals surface area contributed by atoms with E-state index in [-0.39, 0.29) is 11.4 Å². The molecule has 0 fully saturated rings. The summed E-state index contributed by atoms with van der Waals surface area (Å²) < 4.78 is 68.6. The molecule has 1 aromatic heterocycles. The number of alkyl halides is 5. The Morgan fingerprint density at radius 1 is 1.36 bits per heavy atom. The summed E-state index contributed by atoms with van der Waals surface area (Å²) >= 11 is 0. The Morgan fingerprint density at radius 3 is 2.50 bits per heavy atom. The summed E-state index contributed by atoms with van der Waals surface area (Å²) in [5.41, 5.74) is -3.08. The minimum atomic E-state index is -5.09. The SMILES string of the molecule is Cc1ccc(NC(=O)Cn2nc(C(F)(F)F)c([N+](=O)[O-])c2C)c(OC(F)F)c1. The Labute approximate surface area is 154 Å². The van der Waals surface area contributed by atoms with Crippen LogP contribution >= 0.6 is 0 Å². The molecule has 0 aliphatic heterocycles. The van der Waals surface area contributed by atoms with Gasteiger partial charge in [-0.2, -0.15) is 27.1 Å². The van der Waals surface area contributed by atoms with Crippen LogP contribution in [0.15, 0.2) is 18.2 Å². The fourth-order valence-electron chi connectivity index (χ4n) is 2.35. The van der Waals surface area contributed by atoms with Crippen molar-refractivity contribution >= 4 is 17.3 Å². The first-order valence-electron chi connectivity index (χ1n) is 7.54. The number of carbonyl (C=O) groups excluding carboxylic acids is 1. The molecule has 0 atom stereocenters. The highest BCUT2D eigenvalue weighted by atomic mass is 19.4. The largest absolute Gasteiger partial charge is 0.442 e. The number of halogens is 5. The Morgan fingerprint density at radius 2 is 2.00 bits per heavy atom. The van der Waals surface area contributed by atoms with E-state index in [0.29, 0.717) is 10.2 Å². The van der Waals surface area contributed by atoms with Crippen LogP contribution in [0.4, 0.5) is 33.3 Å². The van der Waals surface area contributed by atoms with Gasteiger partial charge in [-0.3, -0.25) is 19.6 Å². The number of aromatic nitrogens is 2. The maximum Gasteiger partial charge on any atom is 0.442 e. The lowest BCUT2D eigenvalue weighted by Gasteiger charge is -2.13. The van der Waals surface area contributed by atoms with Gasteiger partial charge < -0.3 is 10.1 Å². The number of hydrogen-bond donors (Lipinski definition) is 1. The van der Waals surface area contributed by atoms with Crippen molar-refractivity contribution in [3.63, 3.8) is 0 Å². The second-order valence-corrected chi connectivity index (χ2v) is 5.62. The average molecular weight is 408 g/mol. The summed E-state index contributed by atoms with van der Waals surface area (Å²) in [6.45, 7) is -1.38. The van der Waals surface area contributed by atoms with Crippen LogP contribution in [-0.4, -0.2) is 27.2 Å². The van der Waals surface area contributed by atoms with Crippen molar-refractivity contribution in [2.24, 2.45) is 0 Å². The summed E-state index contributed by atoms with van der Waals surface area (Å²) in [6.07, 6.45) is -5.09. The van der Waals surface area contributed by atoms with Gasteiger partial charge in [0.15, 0.2) is 0 Å². The lowest BCUT2D eigenvalue weighted by molar-refractivity contribution is -0.388. The Kier molecular flexibility index (Phi) is 5.85. The molecule has 0 saturated heterocycles. The van der Waals surface area contributed by atoms with Crippen LogP contribution in [0, 0.1) is 24.0 Å². The van der Waals surface area contributed by atoms with Gasteiger partial charge in [0.2, 0.25) is 11.6 Å². The number of nitrogens with one attached hydrogen (secondary N) is 1. The molecular formula is C15H13F5N4O4. The highest BCUT2D eigenvalue weighted by Gasteiger charge is 2.44. The van der Waals surface area contributed by atoms with Gasteiger partial charge in [-0.1, -0.05) is 6.07 Å². The Balaban J connectivity index is 2.29. The third-order valence-electron chi connectivity index (χ3n) is 3.55. The normalized spacial score (nSPS) is 11.6. The molecule has 152 valence electrons. The number of nitrogens with zero attached hydrogens (tertiary/aromatic N) is 3. The van der Waals surface area contributed by atoms with Crippen molar-refractivity contribution in [2.45, 2.75) is 33.2 Å². The molecule has 1 aromatic carbocycles. The summed E-state index contributed by atoms with van der Waals surface area (Å²) in [4.78, 5) is 21.8. The van der Waals surface area contributed by atoms with E-state index < -0.39 is 47.2 Å². The molecule has 0 radical (unpaired) electrons. The highest BCUT2D eigenvalue weighted by Crippen LogP contribution is 2.37. The molecule has 2 rings (SSSR count). The molecule has 8 nitrogen and oxygen atoms in total. The number of benzene rings is 1. The van der Waals surface area contributed by atoms with Crippen molar-refractivity contribution in [1.29, 1.82) is 0 Å². The predicted octanol–water partition coefficient (Wildman–Crippen LogP) is 3.67. The van der Waals surface area contributed by atoms with Crippen molar-refractivity contribution in [3.8, 4) is 5.75 Å². The van der Waals surface area contributed by atoms with Gasteiger partial charge in [-0.05, 0) is 31.5 Å². The van der Waals surface area contributed by atoms with Crippen LogP contribution in [0.5, 0.6) is 5.75 Å². The second-order valence-electron chi connectivity index (χ2n) is 5.62. The van der Waals surface area contributed by atoms with Gasteiger partial charge in [0.1, 0.15) is 18.0 Å². The highest BCUT2D eigenvalue weighted by molar-refractivity contribution is 5.92. The third kappa shape index (κ3) is 4.72. The summed E-state index contributed by atoms with van der Waals surface area (Å²) in [5.74, 6) is -1.29. The smallest absolute Gasteiger partial charge is 0.433 e. The van der Waals surface area contributed by atoms with Crippen LogP contribution in [0.3, 0.4) is 0 Å². The molecule has 0 aliphatic carbocycles. The van der Waals surface area contributed by atoms with Gasteiger partial charge >= 0.3 is 18.5 Å². The van der Waals surface area contributed by atoms with Gasteiger partial charge in [0.25, 0.3) is 0 Å². The number of carbonyl (C=O) groups is 1. The first-order valence-corrected chi connectivity index (χ1v) is 7.54. The lowest BCUT2D eigenvalue weighted by Crippen LogP contribution is -2.21. The molecule has 0 aliphatic rings. The quantitative estimate of drug-likeness (QED) is 0.447. The second kappa shape index (κ2) is 7.78. The van der Waals surface area contributed by atoms with E-state index in [4.69, 9.17) is 0 Å². The molecule has 1 heterocycles. The number of anilines is 1. The molecule has 1 amide bonds. The van der Waals surface area contributed by atoms with E-state index in [1.807, 2.05) is 0 Å². The van der Waals surface area contributed by atoms with Crippen LogP contribution in [0.2, 0.25) is 0 Å². The molecule has 0 unspecified atom stereocenters. The minimum absolute atomic E-state index is 0.147. The van der Waals surface area contributed by atoms with Gasteiger partial charge in [0, 0.05) is 0 Å². The lowest BCUT2D eigenvalue weighted by atomic mass is 10.2. The summed E-state index contributed by atoms with van der Waals surface area (Å²) in [6, 6.07) is 3.98. The molecule has 1 N–H and O–H groups in total. The van der Waals surface area contributed by atoms with Crippen molar-refractivity contribution in [2.75, 3.05) is 5.32 Å². The Bertz CT molecular complexity index is 911. The van der Waals surface area contributed by atoms with Crippen molar-refractivity contribution in [3.05, 3.63) is 45.3 Å². The molecular weight excluding hydrogens is 395 g/mol. The van der Waals surface area contributed by atoms with Crippen molar-refractivity contribution < 1.29 is 36.4 Å². The van der Waals surface area contributed by atoms with Crippen LogP contribution in [0.25, 0.3) is 0 Å². The average Bonchev–Trinajstić information content (AvgIpc) is 2.86. The standard InChI is InChI=1S/C15H13F5N4O4/c1-7-3-4-9(10(5-7)28-14(16)17)21-11(25)6-23-8(2)12(24(26)27)13(22-23)15(18,19)20/h3-5,14H,6H2,1-2H3,(H,21,25). The Hall–Kier alpha value is -3.25. The predicted molar refractivity (Wildman–Crippen MR) is 85.1 cm³/mol. The topological polar surface area (TPSA) is 99.3 Å². The summed E-state index contributed by atoms with van der Waals surface area (Å²) in [5, 5.41) is 16.2. The number of amides is 1. The number of aryl methyl sites for hydroxylation is 1. The zero-order valence-electron chi connectivity index (χ0n) is 14.4. The number of hydrogen-bond acceptors (Lipinski definition) is 5. The fraction of sp³-hybridized carbons (Fsp3) is 0.333. The van der Waals surface area contributed by atoms with Crippen LogP contribution in [-0.2, 0) is 17.5 Å². The van der Waals surface area contributed by atoms with Gasteiger partial charge in [-0.25, -0.2) is 0 Å². The molecule has 0 spiro atoms. The first kappa shape index (κ1) is 21.1. The zero-order valence-corrected chi connectivity index (χ0v) is 14.4. The van der Waals surface area contributed by atoms with E-state index in [0.717, 1.165) is 6.92 Å². The van der Waals surface area contributed by atoms with E-state index >= 15 is 0 Å². The molecule has 0 saturated carbocycles. The molecule has 28 heavy (non-hydrogen) atoms. The van der Waals surface area contributed by atoms with Crippen LogP contribution in [0.1, 0.15) is 17.0 Å². The molecule has 2 aromatic rings. The van der Waals surface area contributed by atoms with Gasteiger partial charge in [0.05, 0.1) is 10.6 Å². The van der Waals surface area contributed by atoms with Gasteiger partial charge in [-0.15, -0.1) is 0 Å². The maximum atomic E-state index is 12.9. The number of rotatable bonds is 6. The van der Waals surface area contributed by atoms with E-state index in [9.17, 15) is 36.9 Å². The monoisotopic (exact) mass is 408 g/mol. The van der Waals surface area contributed by atoms with E-state index in [1.165, 1.54) is 18.2 Å². The zero-order chi connectivity index (χ0) is 21.2. The summed E-state index contributed by atoms with van der Waals surface area (Å²) in [7, 11) is 0. The number of ether oxygens (including phenoxy) is 1. The third-order valence-corrected chi connectivity index (χ3v) is 3.55. The number of nitro groups is 1. The van der Waals surface area contributed by atoms with E-state index in [2.05, 4.69) is 15.2 Å². The van der Waals surface area contributed by atoms with E-state index in [1.54, 1.807) is 6.92 Å². The first-order chi connectivity index (χ1) is 12.9. The minimum Gasteiger partial charge on any atom is -0.433 e. The fourth-order valence-corrected chi connectivity index (χ4v) is 2.35.